The van der Waals surface area contributed by atoms with Crippen molar-refractivity contribution in [3.05, 3.63) is 40.9 Å². The first kappa shape index (κ1) is 19.2. The maximum atomic E-state index is 12.5. The molecule has 1 aliphatic heterocycles. The SMILES string of the molecule is O=C(CN1CCN(C(=O)COc2ccc3cc(Br)ccc3c2)CC1)NC1CC1. The molecule has 0 spiro atoms. The average Bonchev–Trinajstić information content (AvgIpc) is 3.50. The third kappa shape index (κ3) is 5.02. The van der Waals surface area contributed by atoms with E-state index in [0.717, 1.165) is 28.1 Å². The molecule has 4 rings (SSSR count). The van der Waals surface area contributed by atoms with Gasteiger partial charge in [-0.05, 0) is 47.9 Å². The summed E-state index contributed by atoms with van der Waals surface area (Å²) in [6.07, 6.45) is 2.20. The highest BCUT2D eigenvalue weighted by atomic mass is 79.9. The molecule has 0 radical (unpaired) electrons. The topological polar surface area (TPSA) is 61.9 Å². The summed E-state index contributed by atoms with van der Waals surface area (Å²) >= 11 is 3.47. The van der Waals surface area contributed by atoms with E-state index in [4.69, 9.17) is 4.74 Å². The Morgan fingerprint density at radius 2 is 1.75 bits per heavy atom. The van der Waals surface area contributed by atoms with Crippen LogP contribution in [-0.2, 0) is 9.59 Å². The first-order valence-electron chi connectivity index (χ1n) is 9.68. The molecule has 2 aliphatic rings. The van der Waals surface area contributed by atoms with Crippen molar-refractivity contribution in [2.75, 3.05) is 39.3 Å². The third-order valence-corrected chi connectivity index (χ3v) is 5.66. The van der Waals surface area contributed by atoms with E-state index in [1.807, 2.05) is 35.2 Å². The molecular weight excluding hydrogens is 422 g/mol. The second-order valence-electron chi connectivity index (χ2n) is 7.44. The van der Waals surface area contributed by atoms with Crippen LogP contribution in [0.15, 0.2) is 40.9 Å². The van der Waals surface area contributed by atoms with Crippen LogP contribution in [0.1, 0.15) is 12.8 Å². The summed E-state index contributed by atoms with van der Waals surface area (Å²) in [5, 5.41) is 5.20. The summed E-state index contributed by atoms with van der Waals surface area (Å²) < 4.78 is 6.76. The molecule has 148 valence electrons. The predicted octanol–water partition coefficient (Wildman–Crippen LogP) is 2.40. The fraction of sp³-hybridized carbons (Fsp3) is 0.429. The van der Waals surface area contributed by atoms with Crippen molar-refractivity contribution in [2.45, 2.75) is 18.9 Å². The van der Waals surface area contributed by atoms with Crippen LogP contribution in [-0.4, -0.2) is 67.0 Å². The molecule has 7 heteroatoms. The number of carbonyl (C=O) groups is 2. The number of hydrogen-bond donors (Lipinski definition) is 1. The fourth-order valence-electron chi connectivity index (χ4n) is 3.38. The smallest absolute Gasteiger partial charge is 0.260 e. The number of piperazine rings is 1. The van der Waals surface area contributed by atoms with Gasteiger partial charge in [0.15, 0.2) is 6.61 Å². The molecule has 6 nitrogen and oxygen atoms in total. The van der Waals surface area contributed by atoms with E-state index in [1.54, 1.807) is 0 Å². The molecule has 0 bridgehead atoms. The Balaban J connectivity index is 1.23. The van der Waals surface area contributed by atoms with Gasteiger partial charge < -0.3 is 15.0 Å². The summed E-state index contributed by atoms with van der Waals surface area (Å²) in [6, 6.07) is 12.3. The summed E-state index contributed by atoms with van der Waals surface area (Å²) in [4.78, 5) is 28.3. The van der Waals surface area contributed by atoms with Gasteiger partial charge in [0.05, 0.1) is 6.54 Å². The van der Waals surface area contributed by atoms with Crippen LogP contribution in [0.2, 0.25) is 0 Å². The van der Waals surface area contributed by atoms with Gasteiger partial charge in [-0.25, -0.2) is 0 Å². The van der Waals surface area contributed by atoms with Gasteiger partial charge in [0.25, 0.3) is 5.91 Å². The van der Waals surface area contributed by atoms with E-state index in [9.17, 15) is 9.59 Å². The van der Waals surface area contributed by atoms with Gasteiger partial charge in [0.1, 0.15) is 5.75 Å². The van der Waals surface area contributed by atoms with E-state index in [-0.39, 0.29) is 18.4 Å². The Morgan fingerprint density at radius 1 is 1.04 bits per heavy atom. The zero-order chi connectivity index (χ0) is 19.5. The van der Waals surface area contributed by atoms with Crippen molar-refractivity contribution in [3.63, 3.8) is 0 Å². The highest BCUT2D eigenvalue weighted by Gasteiger charge is 2.26. The lowest BCUT2D eigenvalue weighted by atomic mass is 10.1. The first-order chi connectivity index (χ1) is 13.6. The highest BCUT2D eigenvalue weighted by Crippen LogP contribution is 2.24. The van der Waals surface area contributed by atoms with Crippen molar-refractivity contribution in [2.24, 2.45) is 0 Å². The fourth-order valence-corrected chi connectivity index (χ4v) is 3.76. The van der Waals surface area contributed by atoms with Crippen LogP contribution in [0, 0.1) is 0 Å². The Bertz CT molecular complexity index is 876. The lowest BCUT2D eigenvalue weighted by Crippen LogP contribution is -2.52. The predicted molar refractivity (Wildman–Crippen MR) is 111 cm³/mol. The molecular formula is C21H24BrN3O3. The molecule has 1 N–H and O–H groups in total. The first-order valence-corrected chi connectivity index (χ1v) is 10.5. The molecule has 2 aromatic carbocycles. The minimum Gasteiger partial charge on any atom is -0.484 e. The van der Waals surface area contributed by atoms with Crippen LogP contribution in [0.4, 0.5) is 0 Å². The molecule has 1 saturated heterocycles. The number of nitrogens with zero attached hydrogens (tertiary/aromatic N) is 2. The molecule has 1 heterocycles. The number of fused-ring (bicyclic) bond motifs is 1. The van der Waals surface area contributed by atoms with E-state index >= 15 is 0 Å². The zero-order valence-electron chi connectivity index (χ0n) is 15.7. The van der Waals surface area contributed by atoms with Crippen LogP contribution in [0.3, 0.4) is 0 Å². The molecule has 2 fully saturated rings. The van der Waals surface area contributed by atoms with Crippen molar-refractivity contribution in [1.29, 1.82) is 0 Å². The van der Waals surface area contributed by atoms with Crippen molar-refractivity contribution in [3.8, 4) is 5.75 Å². The van der Waals surface area contributed by atoms with E-state index in [1.165, 1.54) is 0 Å². The highest BCUT2D eigenvalue weighted by molar-refractivity contribution is 9.10. The molecule has 28 heavy (non-hydrogen) atoms. The number of ether oxygens (including phenoxy) is 1. The lowest BCUT2D eigenvalue weighted by molar-refractivity contribution is -0.135. The summed E-state index contributed by atoms with van der Waals surface area (Å²) in [6.45, 7) is 3.14. The number of amides is 2. The number of benzene rings is 2. The Hall–Kier alpha value is -2.12. The average molecular weight is 446 g/mol. The van der Waals surface area contributed by atoms with Gasteiger partial charge in [-0.15, -0.1) is 0 Å². The maximum absolute atomic E-state index is 12.5. The standard InChI is InChI=1S/C21H24BrN3O3/c22-17-3-1-16-12-19(6-2-15(16)11-17)28-14-21(27)25-9-7-24(8-10-25)13-20(26)23-18-4-5-18/h1-3,6,11-12,18H,4-5,7-10,13-14H2,(H,23,26). The molecule has 1 saturated carbocycles. The lowest BCUT2D eigenvalue weighted by Gasteiger charge is -2.34. The molecule has 2 amide bonds. The maximum Gasteiger partial charge on any atom is 0.260 e. The van der Waals surface area contributed by atoms with E-state index in [0.29, 0.717) is 44.5 Å². The van der Waals surface area contributed by atoms with E-state index in [2.05, 4.69) is 32.2 Å². The Kier molecular flexibility index (Phi) is 5.82. The van der Waals surface area contributed by atoms with Crippen LogP contribution in [0.25, 0.3) is 10.8 Å². The number of carbonyl (C=O) groups excluding carboxylic acids is 2. The van der Waals surface area contributed by atoms with Crippen molar-refractivity contribution in [1.82, 2.24) is 15.1 Å². The van der Waals surface area contributed by atoms with Crippen LogP contribution >= 0.6 is 15.9 Å². The molecule has 0 atom stereocenters. The minimum absolute atomic E-state index is 0.0158. The summed E-state index contributed by atoms with van der Waals surface area (Å²) in [7, 11) is 0. The number of hydrogen-bond acceptors (Lipinski definition) is 4. The molecule has 1 aliphatic carbocycles. The molecule has 0 aromatic heterocycles. The second kappa shape index (κ2) is 8.49. The van der Waals surface area contributed by atoms with Crippen LogP contribution in [0.5, 0.6) is 5.75 Å². The molecule has 0 unspecified atom stereocenters. The minimum atomic E-state index is -0.0158. The van der Waals surface area contributed by atoms with Crippen molar-refractivity contribution >= 4 is 38.5 Å². The van der Waals surface area contributed by atoms with Gasteiger partial charge in [0.2, 0.25) is 5.91 Å². The van der Waals surface area contributed by atoms with Gasteiger partial charge in [0, 0.05) is 36.7 Å². The zero-order valence-corrected chi connectivity index (χ0v) is 17.3. The monoisotopic (exact) mass is 445 g/mol. The van der Waals surface area contributed by atoms with Gasteiger partial charge in [-0.3, -0.25) is 14.5 Å². The van der Waals surface area contributed by atoms with Gasteiger partial charge in [-0.2, -0.15) is 0 Å². The van der Waals surface area contributed by atoms with Gasteiger partial charge in [-0.1, -0.05) is 28.1 Å². The van der Waals surface area contributed by atoms with E-state index < -0.39 is 0 Å². The quantitative estimate of drug-likeness (QED) is 0.741. The Morgan fingerprint density at radius 3 is 2.50 bits per heavy atom. The number of rotatable bonds is 6. The van der Waals surface area contributed by atoms with Crippen LogP contribution < -0.4 is 10.1 Å². The second-order valence-corrected chi connectivity index (χ2v) is 8.36. The van der Waals surface area contributed by atoms with Gasteiger partial charge >= 0.3 is 0 Å². The number of halogens is 1. The molecule has 2 aromatic rings. The number of nitrogens with one attached hydrogen (secondary N) is 1. The Labute approximate surface area is 172 Å². The van der Waals surface area contributed by atoms with Crippen molar-refractivity contribution < 1.29 is 14.3 Å². The largest absolute Gasteiger partial charge is 0.484 e. The normalized spacial score (nSPS) is 17.5. The third-order valence-electron chi connectivity index (χ3n) is 5.17. The summed E-state index contributed by atoms with van der Waals surface area (Å²) in [5.41, 5.74) is 0. The summed E-state index contributed by atoms with van der Waals surface area (Å²) in [5.74, 6) is 0.769.